The fourth-order valence-electron chi connectivity index (χ4n) is 4.59. The molecule has 0 saturated carbocycles. The third-order valence-corrected chi connectivity index (χ3v) is 7.17. The second-order valence-electron chi connectivity index (χ2n) is 8.27. The molecule has 0 amide bonds. The zero-order chi connectivity index (χ0) is 21.4. The highest BCUT2D eigenvalue weighted by Crippen LogP contribution is 2.41. The van der Waals surface area contributed by atoms with E-state index >= 15 is 0 Å². The van der Waals surface area contributed by atoms with Crippen molar-refractivity contribution in [2.45, 2.75) is 32.2 Å². The minimum Gasteiger partial charge on any atom is -0.492 e. The van der Waals surface area contributed by atoms with Gasteiger partial charge in [-0.1, -0.05) is 53.8 Å². The van der Waals surface area contributed by atoms with Crippen LogP contribution < -0.4 is 0 Å². The molecule has 1 N–H and O–H groups in total. The summed E-state index contributed by atoms with van der Waals surface area (Å²) in [7, 11) is 0. The highest BCUT2D eigenvalue weighted by molar-refractivity contribution is 7.17. The van der Waals surface area contributed by atoms with Crippen LogP contribution in [0.25, 0.3) is 4.96 Å². The van der Waals surface area contributed by atoms with E-state index in [9.17, 15) is 9.50 Å². The van der Waals surface area contributed by atoms with Gasteiger partial charge in [-0.2, -0.15) is 4.52 Å². The van der Waals surface area contributed by atoms with Crippen LogP contribution in [0.5, 0.6) is 5.88 Å². The van der Waals surface area contributed by atoms with Crippen LogP contribution in [0.15, 0.2) is 54.6 Å². The molecule has 3 heterocycles. The first-order valence-corrected chi connectivity index (χ1v) is 11.5. The SMILES string of the molecule is Cc1nc2sc([C@H](c3cccc(F)c3)N3CCC(Cc4ccccc4)CC3)c(O)n2n1. The van der Waals surface area contributed by atoms with Crippen LogP contribution in [0.3, 0.4) is 0 Å². The number of aromatic nitrogens is 3. The van der Waals surface area contributed by atoms with Gasteiger partial charge in [-0.25, -0.2) is 9.37 Å². The largest absolute Gasteiger partial charge is 0.492 e. The number of halogens is 1. The molecule has 4 aromatic rings. The molecule has 0 bridgehead atoms. The fraction of sp³-hybridized carbons (Fsp3) is 0.333. The summed E-state index contributed by atoms with van der Waals surface area (Å²) in [6.45, 7) is 3.59. The minimum absolute atomic E-state index is 0.0984. The number of hydrogen-bond donors (Lipinski definition) is 1. The lowest BCUT2D eigenvalue weighted by Crippen LogP contribution is -2.37. The molecular formula is C24H25FN4OS. The summed E-state index contributed by atoms with van der Waals surface area (Å²) in [5.41, 5.74) is 2.22. The van der Waals surface area contributed by atoms with Crippen LogP contribution in [0.1, 0.15) is 40.7 Å². The molecule has 5 nitrogen and oxygen atoms in total. The Labute approximate surface area is 184 Å². The van der Waals surface area contributed by atoms with Crippen LogP contribution in [0.2, 0.25) is 0 Å². The number of benzene rings is 2. The summed E-state index contributed by atoms with van der Waals surface area (Å²) in [5, 5.41) is 15.2. The second kappa shape index (κ2) is 8.40. The fourth-order valence-corrected chi connectivity index (χ4v) is 5.76. The molecule has 0 aliphatic carbocycles. The summed E-state index contributed by atoms with van der Waals surface area (Å²) in [4.78, 5) is 8.19. The number of nitrogens with zero attached hydrogens (tertiary/aromatic N) is 4. The lowest BCUT2D eigenvalue weighted by Gasteiger charge is -2.37. The van der Waals surface area contributed by atoms with Gasteiger partial charge >= 0.3 is 0 Å². The van der Waals surface area contributed by atoms with Gasteiger partial charge in [0.25, 0.3) is 0 Å². The van der Waals surface area contributed by atoms with Crippen LogP contribution in [0, 0.1) is 18.7 Å². The lowest BCUT2D eigenvalue weighted by atomic mass is 9.89. The van der Waals surface area contributed by atoms with E-state index in [1.807, 2.05) is 6.07 Å². The Morgan fingerprint density at radius 3 is 2.61 bits per heavy atom. The zero-order valence-corrected chi connectivity index (χ0v) is 18.2. The molecule has 7 heteroatoms. The van der Waals surface area contributed by atoms with Crippen molar-refractivity contribution in [3.05, 3.63) is 82.2 Å². The van der Waals surface area contributed by atoms with Gasteiger partial charge < -0.3 is 5.11 Å². The Balaban J connectivity index is 1.43. The summed E-state index contributed by atoms with van der Waals surface area (Å²) >= 11 is 1.43. The number of piperidine rings is 1. The van der Waals surface area contributed by atoms with Gasteiger partial charge in [-0.15, -0.1) is 5.10 Å². The Hall–Kier alpha value is -2.77. The average molecular weight is 437 g/mol. The maximum atomic E-state index is 14.1. The van der Waals surface area contributed by atoms with Crippen LogP contribution >= 0.6 is 11.3 Å². The molecule has 1 aliphatic rings. The number of aryl methyl sites for hydroxylation is 1. The van der Waals surface area contributed by atoms with Crippen molar-refractivity contribution in [1.82, 2.24) is 19.5 Å². The smallest absolute Gasteiger partial charge is 0.230 e. The maximum Gasteiger partial charge on any atom is 0.230 e. The molecule has 1 saturated heterocycles. The van der Waals surface area contributed by atoms with E-state index in [4.69, 9.17) is 0 Å². The van der Waals surface area contributed by atoms with Crippen LogP contribution in [-0.4, -0.2) is 37.7 Å². The quantitative estimate of drug-likeness (QED) is 0.479. The number of aromatic hydroxyl groups is 1. The number of hydrogen-bond acceptors (Lipinski definition) is 5. The molecule has 0 unspecified atom stereocenters. The van der Waals surface area contributed by atoms with Crippen LogP contribution in [-0.2, 0) is 6.42 Å². The Morgan fingerprint density at radius 1 is 1.13 bits per heavy atom. The first-order valence-electron chi connectivity index (χ1n) is 10.7. The third kappa shape index (κ3) is 4.07. The van der Waals surface area contributed by atoms with Gasteiger partial charge in [0.05, 0.1) is 10.9 Å². The van der Waals surface area contributed by atoms with Gasteiger partial charge in [0.1, 0.15) is 11.6 Å². The monoisotopic (exact) mass is 436 g/mol. The number of thiazole rings is 1. The van der Waals surface area contributed by atoms with Crippen molar-refractivity contribution in [2.24, 2.45) is 5.92 Å². The topological polar surface area (TPSA) is 53.7 Å². The van der Waals surface area contributed by atoms with Gasteiger partial charge in [0.2, 0.25) is 10.8 Å². The average Bonchev–Trinajstić information content (AvgIpc) is 3.27. The Bertz CT molecular complexity index is 1180. The molecule has 2 aromatic carbocycles. The van der Waals surface area contributed by atoms with Crippen molar-refractivity contribution in [3.63, 3.8) is 0 Å². The van der Waals surface area contributed by atoms with Gasteiger partial charge in [0.15, 0.2) is 0 Å². The number of fused-ring (bicyclic) bond motifs is 1. The second-order valence-corrected chi connectivity index (χ2v) is 9.28. The highest BCUT2D eigenvalue weighted by atomic mass is 32.1. The molecule has 0 spiro atoms. The van der Waals surface area contributed by atoms with E-state index < -0.39 is 0 Å². The normalized spacial score (nSPS) is 16.7. The Kier molecular flexibility index (Phi) is 5.46. The van der Waals surface area contributed by atoms with Gasteiger partial charge in [-0.05, 0) is 68.5 Å². The van der Waals surface area contributed by atoms with Gasteiger partial charge in [-0.3, -0.25) is 4.90 Å². The lowest BCUT2D eigenvalue weighted by molar-refractivity contribution is 0.150. The Morgan fingerprint density at radius 2 is 1.90 bits per heavy atom. The third-order valence-electron chi connectivity index (χ3n) is 6.10. The molecule has 1 aliphatic heterocycles. The molecule has 1 fully saturated rings. The van der Waals surface area contributed by atoms with E-state index in [1.165, 1.54) is 27.5 Å². The molecule has 1 atom stereocenters. The van der Waals surface area contributed by atoms with E-state index in [0.29, 0.717) is 16.7 Å². The number of likely N-dealkylation sites (tertiary alicyclic amines) is 1. The summed E-state index contributed by atoms with van der Waals surface area (Å²) in [6.07, 6.45) is 3.23. The first kappa shape index (κ1) is 20.2. The van der Waals surface area contributed by atoms with Crippen LogP contribution in [0.4, 0.5) is 4.39 Å². The van der Waals surface area contributed by atoms with Gasteiger partial charge in [0, 0.05) is 0 Å². The summed E-state index contributed by atoms with van der Waals surface area (Å²) in [6, 6.07) is 17.1. The van der Waals surface area contributed by atoms with E-state index in [0.717, 1.165) is 42.8 Å². The maximum absolute atomic E-state index is 14.1. The molecule has 0 radical (unpaired) electrons. The van der Waals surface area contributed by atoms with Crippen molar-refractivity contribution in [3.8, 4) is 5.88 Å². The predicted octanol–water partition coefficient (Wildman–Crippen LogP) is 4.99. The van der Waals surface area contributed by atoms with E-state index in [-0.39, 0.29) is 17.7 Å². The van der Waals surface area contributed by atoms with Crippen molar-refractivity contribution >= 4 is 16.3 Å². The molecule has 5 rings (SSSR count). The van der Waals surface area contributed by atoms with E-state index in [2.05, 4.69) is 45.3 Å². The standard InChI is InChI=1S/C24H25FN4OS/c1-16-26-24-29(27-16)23(30)22(31-24)21(19-8-5-9-20(25)15-19)28-12-10-18(11-13-28)14-17-6-3-2-4-7-17/h2-9,15,18,21,30H,10-14H2,1H3/t21-/m0/s1. The summed E-state index contributed by atoms with van der Waals surface area (Å²) < 4.78 is 15.6. The molecule has 31 heavy (non-hydrogen) atoms. The minimum atomic E-state index is -0.267. The van der Waals surface area contributed by atoms with Crippen molar-refractivity contribution in [1.29, 1.82) is 0 Å². The molecule has 160 valence electrons. The zero-order valence-electron chi connectivity index (χ0n) is 17.4. The van der Waals surface area contributed by atoms with Crippen molar-refractivity contribution < 1.29 is 9.50 Å². The number of rotatable bonds is 5. The molecule has 2 aromatic heterocycles. The van der Waals surface area contributed by atoms with E-state index in [1.54, 1.807) is 19.1 Å². The predicted molar refractivity (Wildman–Crippen MR) is 120 cm³/mol. The first-order chi connectivity index (χ1) is 15.1. The highest BCUT2D eigenvalue weighted by Gasteiger charge is 2.32. The molecular weight excluding hydrogens is 411 g/mol. The van der Waals surface area contributed by atoms with Crippen molar-refractivity contribution in [2.75, 3.05) is 13.1 Å². The summed E-state index contributed by atoms with van der Waals surface area (Å²) in [5.74, 6) is 1.08.